The number of nitrogens with one attached hydrogen (secondary N) is 2. The second kappa shape index (κ2) is 16.6. The Bertz CT molecular complexity index is 1660. The fraction of sp³-hybridized carbons (Fsp3) is 0.618. The molecule has 2 aromatic rings. The molecule has 0 saturated carbocycles. The van der Waals surface area contributed by atoms with Crippen molar-refractivity contribution in [2.24, 2.45) is 11.3 Å². The third-order valence-corrected chi connectivity index (χ3v) is 11.7. The molecule has 0 radical (unpaired) electrons. The van der Waals surface area contributed by atoms with Crippen LogP contribution in [0.2, 0.25) is 0 Å². The monoisotopic (exact) mass is 739 g/mol. The van der Waals surface area contributed by atoms with Crippen LogP contribution in [-0.4, -0.2) is 103 Å². The standard InChI is InChI=1S/C34H49N3O11S2/c1-34(2,15-8-5-9-16-35-49(3,40)41)22-37(50(42,43)25-12-13-29-30(19-25)47-23-46-29)20-28(38)27(18-24-10-6-4-7-11-24)36-33(39)48-31-21-45-32-26(31)14-17-44-32/h4,6-7,10-13,19,26-28,31-32,35,38H,5,8-9,14-18,20-23H2,1-3H3,(H,36,39)/t26-,27-,28+,31-,32+/m0/s1. The number of hydrogen-bond donors (Lipinski definition) is 3. The summed E-state index contributed by atoms with van der Waals surface area (Å²) in [5.74, 6) is 0.680. The summed E-state index contributed by atoms with van der Waals surface area (Å²) in [6.45, 7) is 4.70. The highest BCUT2D eigenvalue weighted by Gasteiger charge is 2.44. The van der Waals surface area contributed by atoms with Gasteiger partial charge in [0.05, 0.1) is 42.4 Å². The van der Waals surface area contributed by atoms with E-state index in [1.54, 1.807) is 6.07 Å². The summed E-state index contributed by atoms with van der Waals surface area (Å²) >= 11 is 0. The van der Waals surface area contributed by atoms with Crippen LogP contribution in [-0.2, 0) is 40.7 Å². The largest absolute Gasteiger partial charge is 0.454 e. The molecule has 3 aliphatic rings. The quantitative estimate of drug-likeness (QED) is 0.192. The molecular formula is C34H49N3O11S2. The molecule has 3 heterocycles. The minimum atomic E-state index is -4.18. The molecule has 2 aromatic carbocycles. The number of aliphatic hydroxyl groups excluding tert-OH is 1. The molecule has 0 aliphatic carbocycles. The van der Waals surface area contributed by atoms with Gasteiger partial charge < -0.3 is 34.1 Å². The lowest BCUT2D eigenvalue weighted by atomic mass is 9.86. The van der Waals surface area contributed by atoms with Gasteiger partial charge in [-0.15, -0.1) is 0 Å². The number of nitrogens with zero attached hydrogens (tertiary/aromatic N) is 1. The van der Waals surface area contributed by atoms with Gasteiger partial charge in [-0.3, -0.25) is 0 Å². The molecule has 1 amide bonds. The Balaban J connectivity index is 1.33. The molecule has 0 bridgehead atoms. The third kappa shape index (κ3) is 10.5. The Kier molecular flexibility index (Phi) is 12.7. The maximum atomic E-state index is 14.3. The number of rotatable bonds is 18. The van der Waals surface area contributed by atoms with Gasteiger partial charge in [0, 0.05) is 25.7 Å². The van der Waals surface area contributed by atoms with Gasteiger partial charge in [-0.25, -0.2) is 26.4 Å². The highest BCUT2D eigenvalue weighted by atomic mass is 32.2. The second-order valence-electron chi connectivity index (χ2n) is 13.9. The van der Waals surface area contributed by atoms with Crippen LogP contribution in [0, 0.1) is 11.3 Å². The van der Waals surface area contributed by atoms with Crippen LogP contribution >= 0.6 is 0 Å². The van der Waals surface area contributed by atoms with E-state index in [9.17, 15) is 26.7 Å². The Morgan fingerprint density at radius 1 is 1.04 bits per heavy atom. The molecule has 0 aromatic heterocycles. The van der Waals surface area contributed by atoms with E-state index in [1.807, 2.05) is 44.2 Å². The number of ether oxygens (including phenoxy) is 5. The van der Waals surface area contributed by atoms with Crippen molar-refractivity contribution in [2.75, 3.05) is 45.9 Å². The molecule has 0 unspecified atom stereocenters. The molecule has 0 spiro atoms. The SMILES string of the molecule is CC(C)(CCCCCNS(C)(=O)=O)CN(C[C@@H](O)[C@H](Cc1ccccc1)NC(=O)O[C@H]1CO[C@H]2OCC[C@H]21)S(=O)(=O)c1ccc2c(c1)OCO2. The third-order valence-electron chi connectivity index (χ3n) is 9.18. The summed E-state index contributed by atoms with van der Waals surface area (Å²) in [4.78, 5) is 13.2. The van der Waals surface area contributed by atoms with Gasteiger partial charge in [0.15, 0.2) is 17.8 Å². The first-order valence-corrected chi connectivity index (χ1v) is 20.3. The van der Waals surface area contributed by atoms with Crippen LogP contribution in [0.4, 0.5) is 4.79 Å². The minimum Gasteiger partial charge on any atom is -0.454 e. The predicted molar refractivity (Wildman–Crippen MR) is 184 cm³/mol. The van der Waals surface area contributed by atoms with E-state index in [-0.39, 0.29) is 43.7 Å². The summed E-state index contributed by atoms with van der Waals surface area (Å²) in [5.41, 5.74) is 0.304. The molecule has 2 fully saturated rings. The normalized spacial score (nSPS) is 21.6. The number of carbonyl (C=O) groups is 1. The van der Waals surface area contributed by atoms with Crippen molar-refractivity contribution < 1.29 is 50.4 Å². The second-order valence-corrected chi connectivity index (χ2v) is 17.7. The fourth-order valence-electron chi connectivity index (χ4n) is 6.51. The summed E-state index contributed by atoms with van der Waals surface area (Å²) in [5, 5.41) is 14.6. The first-order valence-electron chi connectivity index (χ1n) is 17.0. The van der Waals surface area contributed by atoms with Crippen molar-refractivity contribution in [3.8, 4) is 11.5 Å². The molecule has 5 rings (SSSR count). The van der Waals surface area contributed by atoms with Crippen molar-refractivity contribution >= 4 is 26.1 Å². The Morgan fingerprint density at radius 3 is 2.56 bits per heavy atom. The van der Waals surface area contributed by atoms with Crippen molar-refractivity contribution in [3.05, 3.63) is 54.1 Å². The van der Waals surface area contributed by atoms with E-state index in [0.717, 1.165) is 24.7 Å². The smallest absolute Gasteiger partial charge is 0.407 e. The maximum absolute atomic E-state index is 14.3. The average Bonchev–Trinajstić information content (AvgIpc) is 3.81. The molecule has 14 nitrogen and oxygen atoms in total. The minimum absolute atomic E-state index is 0.0155. The number of alkyl carbamates (subject to hydrolysis) is 1. The van der Waals surface area contributed by atoms with E-state index in [4.69, 9.17) is 23.7 Å². The number of benzene rings is 2. The van der Waals surface area contributed by atoms with Gasteiger partial charge in [0.25, 0.3) is 0 Å². The Labute approximate surface area is 294 Å². The number of fused-ring (bicyclic) bond motifs is 2. The molecule has 2 saturated heterocycles. The van der Waals surface area contributed by atoms with Gasteiger partial charge >= 0.3 is 6.09 Å². The fourth-order valence-corrected chi connectivity index (χ4v) is 8.69. The molecule has 50 heavy (non-hydrogen) atoms. The Hall–Kier alpha value is -2.99. The van der Waals surface area contributed by atoms with Crippen molar-refractivity contribution in [3.63, 3.8) is 0 Å². The van der Waals surface area contributed by atoms with Crippen molar-refractivity contribution in [1.82, 2.24) is 14.3 Å². The molecule has 3 aliphatic heterocycles. The van der Waals surface area contributed by atoms with Crippen LogP contribution in [0.5, 0.6) is 11.5 Å². The summed E-state index contributed by atoms with van der Waals surface area (Å²) in [6.07, 6.45) is 1.85. The van der Waals surface area contributed by atoms with Gasteiger partial charge in [-0.05, 0) is 48.8 Å². The topological polar surface area (TPSA) is 179 Å². The molecule has 278 valence electrons. The van der Waals surface area contributed by atoms with E-state index < -0.39 is 56.1 Å². The number of hydrogen-bond acceptors (Lipinski definition) is 11. The summed E-state index contributed by atoms with van der Waals surface area (Å²) in [6, 6.07) is 12.8. The van der Waals surface area contributed by atoms with Gasteiger partial charge in [-0.2, -0.15) is 4.31 Å². The lowest BCUT2D eigenvalue weighted by Crippen LogP contribution is -2.52. The van der Waals surface area contributed by atoms with Gasteiger partial charge in [0.2, 0.25) is 26.8 Å². The zero-order chi connectivity index (χ0) is 35.9. The molecule has 16 heteroatoms. The van der Waals surface area contributed by atoms with Gasteiger partial charge in [-0.1, -0.05) is 57.0 Å². The zero-order valence-electron chi connectivity index (χ0n) is 28.8. The lowest BCUT2D eigenvalue weighted by molar-refractivity contribution is -0.0907. The Morgan fingerprint density at radius 2 is 1.80 bits per heavy atom. The van der Waals surface area contributed by atoms with Crippen LogP contribution in [0.1, 0.15) is 51.5 Å². The number of sulfonamides is 2. The van der Waals surface area contributed by atoms with Gasteiger partial charge in [0.1, 0.15) is 6.10 Å². The number of unbranched alkanes of at least 4 members (excludes halogenated alkanes) is 2. The molecule has 3 N–H and O–H groups in total. The number of carbonyl (C=O) groups excluding carboxylic acids is 1. The lowest BCUT2D eigenvalue weighted by Gasteiger charge is -2.35. The van der Waals surface area contributed by atoms with E-state index in [2.05, 4.69) is 10.0 Å². The van der Waals surface area contributed by atoms with E-state index >= 15 is 0 Å². The first kappa shape index (κ1) is 38.2. The number of aliphatic hydroxyl groups is 1. The first-order chi connectivity index (χ1) is 23.7. The van der Waals surface area contributed by atoms with Crippen LogP contribution < -0.4 is 19.5 Å². The van der Waals surface area contributed by atoms with E-state index in [1.165, 1.54) is 16.4 Å². The highest BCUT2D eigenvalue weighted by Crippen LogP contribution is 2.36. The molecule has 5 atom stereocenters. The summed E-state index contributed by atoms with van der Waals surface area (Å²) < 4.78 is 82.9. The highest BCUT2D eigenvalue weighted by molar-refractivity contribution is 7.89. The maximum Gasteiger partial charge on any atom is 0.407 e. The zero-order valence-corrected chi connectivity index (χ0v) is 30.4. The predicted octanol–water partition coefficient (Wildman–Crippen LogP) is 3.00. The van der Waals surface area contributed by atoms with Crippen molar-refractivity contribution in [2.45, 2.75) is 81.8 Å². The van der Waals surface area contributed by atoms with E-state index in [0.29, 0.717) is 43.9 Å². The van der Waals surface area contributed by atoms with Crippen LogP contribution in [0.15, 0.2) is 53.4 Å². The summed E-state index contributed by atoms with van der Waals surface area (Å²) in [7, 11) is -7.45. The molecular weight excluding hydrogens is 691 g/mol. The van der Waals surface area contributed by atoms with Crippen molar-refractivity contribution in [1.29, 1.82) is 0 Å². The average molecular weight is 740 g/mol. The van der Waals surface area contributed by atoms with Crippen LogP contribution in [0.3, 0.4) is 0 Å². The van der Waals surface area contributed by atoms with Crippen LogP contribution in [0.25, 0.3) is 0 Å². The number of amides is 1.